The molecule has 2 rings (SSSR count). The van der Waals surface area contributed by atoms with Gasteiger partial charge in [-0.15, -0.1) is 0 Å². The predicted molar refractivity (Wildman–Crippen MR) is 83.0 cm³/mol. The van der Waals surface area contributed by atoms with Crippen molar-refractivity contribution in [2.75, 3.05) is 11.4 Å². The minimum absolute atomic E-state index is 0.479. The van der Waals surface area contributed by atoms with Crippen LogP contribution >= 0.6 is 0 Å². The Bertz CT molecular complexity index is 539. The van der Waals surface area contributed by atoms with E-state index in [1.165, 1.54) is 0 Å². The highest BCUT2D eigenvalue weighted by Crippen LogP contribution is 2.22. The number of para-hydroxylation sites is 1. The van der Waals surface area contributed by atoms with E-state index in [-0.39, 0.29) is 0 Å². The molecule has 106 valence electrons. The lowest BCUT2D eigenvalue weighted by molar-refractivity contribution is 0.767. The predicted octanol–water partition coefficient (Wildman–Crippen LogP) is 3.18. The largest absolute Gasteiger partial charge is 0.326 e. The molecular formula is C16H22N4. The molecule has 1 aromatic carbocycles. The molecule has 4 heteroatoms. The Morgan fingerprint density at radius 1 is 1.20 bits per heavy atom. The zero-order chi connectivity index (χ0) is 14.4. The van der Waals surface area contributed by atoms with E-state index >= 15 is 0 Å². The fraction of sp³-hybridized carbons (Fsp3) is 0.375. The van der Waals surface area contributed by atoms with E-state index in [0.717, 1.165) is 42.3 Å². The lowest BCUT2D eigenvalue weighted by atomic mass is 10.2. The van der Waals surface area contributed by atoms with Crippen LogP contribution in [0.1, 0.15) is 31.0 Å². The van der Waals surface area contributed by atoms with Crippen LogP contribution in [0.25, 0.3) is 0 Å². The van der Waals surface area contributed by atoms with E-state index in [1.807, 2.05) is 31.3 Å². The second-order valence-electron chi connectivity index (χ2n) is 4.83. The fourth-order valence-corrected chi connectivity index (χ4v) is 2.08. The molecule has 0 saturated heterocycles. The Morgan fingerprint density at radius 3 is 2.55 bits per heavy atom. The van der Waals surface area contributed by atoms with Gasteiger partial charge in [-0.05, 0) is 25.5 Å². The van der Waals surface area contributed by atoms with Gasteiger partial charge in [-0.1, -0.05) is 31.5 Å². The van der Waals surface area contributed by atoms with Gasteiger partial charge in [0, 0.05) is 36.2 Å². The van der Waals surface area contributed by atoms with Crippen molar-refractivity contribution in [3.63, 3.8) is 0 Å². The number of rotatable bonds is 6. The van der Waals surface area contributed by atoms with Crippen LogP contribution in [0, 0.1) is 6.92 Å². The van der Waals surface area contributed by atoms with Crippen molar-refractivity contribution < 1.29 is 0 Å². The van der Waals surface area contributed by atoms with Crippen molar-refractivity contribution in [3.8, 4) is 0 Å². The first kappa shape index (κ1) is 14.5. The molecule has 0 aliphatic heterocycles. The van der Waals surface area contributed by atoms with Gasteiger partial charge in [0.1, 0.15) is 0 Å². The van der Waals surface area contributed by atoms with Gasteiger partial charge in [-0.3, -0.25) is 0 Å². The normalized spacial score (nSPS) is 10.6. The van der Waals surface area contributed by atoms with E-state index in [9.17, 15) is 0 Å². The van der Waals surface area contributed by atoms with Crippen molar-refractivity contribution >= 4 is 11.6 Å². The topological polar surface area (TPSA) is 55.0 Å². The Hall–Kier alpha value is -1.94. The summed E-state index contributed by atoms with van der Waals surface area (Å²) in [6.07, 6.45) is 4.08. The van der Waals surface area contributed by atoms with Gasteiger partial charge in [0.05, 0.1) is 0 Å². The number of benzene rings is 1. The van der Waals surface area contributed by atoms with Crippen molar-refractivity contribution in [1.29, 1.82) is 0 Å². The first-order valence-electron chi connectivity index (χ1n) is 7.11. The van der Waals surface area contributed by atoms with Crippen LogP contribution in [-0.4, -0.2) is 16.5 Å². The summed E-state index contributed by atoms with van der Waals surface area (Å²) in [7, 11) is 0. The molecule has 0 unspecified atom stereocenters. The number of aryl methyl sites for hydroxylation is 1. The summed E-state index contributed by atoms with van der Waals surface area (Å²) in [5.41, 5.74) is 8.75. The van der Waals surface area contributed by atoms with Gasteiger partial charge in [-0.2, -0.15) is 0 Å². The van der Waals surface area contributed by atoms with Gasteiger partial charge in [0.15, 0.2) is 0 Å². The molecule has 0 fully saturated rings. The van der Waals surface area contributed by atoms with Crippen LogP contribution < -0.4 is 10.6 Å². The number of nitrogens with two attached hydrogens (primary N) is 1. The first-order chi connectivity index (χ1) is 9.76. The fourth-order valence-electron chi connectivity index (χ4n) is 2.08. The lowest BCUT2D eigenvalue weighted by Crippen LogP contribution is -2.21. The lowest BCUT2D eigenvalue weighted by Gasteiger charge is -2.23. The monoisotopic (exact) mass is 270 g/mol. The van der Waals surface area contributed by atoms with Crippen LogP contribution in [0.3, 0.4) is 0 Å². The van der Waals surface area contributed by atoms with Crippen LogP contribution in [-0.2, 0) is 6.54 Å². The molecule has 0 bridgehead atoms. The van der Waals surface area contributed by atoms with Crippen LogP contribution in [0.15, 0.2) is 36.5 Å². The highest BCUT2D eigenvalue weighted by atomic mass is 15.3. The highest BCUT2D eigenvalue weighted by molar-refractivity contribution is 5.57. The molecule has 0 amide bonds. The minimum atomic E-state index is 0.479. The number of unbranched alkanes of at least 4 members (excludes halogenated alkanes) is 1. The Morgan fingerprint density at radius 2 is 1.95 bits per heavy atom. The molecule has 1 heterocycles. The molecule has 2 N–H and O–H groups in total. The third kappa shape index (κ3) is 3.33. The smallest absolute Gasteiger partial charge is 0.230 e. The van der Waals surface area contributed by atoms with E-state index in [4.69, 9.17) is 5.73 Å². The summed E-state index contributed by atoms with van der Waals surface area (Å²) in [4.78, 5) is 11.2. The summed E-state index contributed by atoms with van der Waals surface area (Å²) >= 11 is 0. The SMILES string of the molecule is CCCCN(c1ccccc1)c1ncc(CN)c(C)n1. The molecule has 0 aliphatic carbocycles. The summed E-state index contributed by atoms with van der Waals surface area (Å²) < 4.78 is 0. The van der Waals surface area contributed by atoms with Gasteiger partial charge in [0.25, 0.3) is 0 Å². The maximum absolute atomic E-state index is 5.67. The summed E-state index contributed by atoms with van der Waals surface area (Å²) in [6.45, 7) is 5.57. The van der Waals surface area contributed by atoms with E-state index in [1.54, 1.807) is 0 Å². The summed E-state index contributed by atoms with van der Waals surface area (Å²) in [5, 5.41) is 0. The second-order valence-corrected chi connectivity index (χ2v) is 4.83. The number of hydrogen-bond donors (Lipinski definition) is 1. The molecule has 0 saturated carbocycles. The van der Waals surface area contributed by atoms with Gasteiger partial charge in [0.2, 0.25) is 5.95 Å². The molecule has 0 atom stereocenters. The maximum Gasteiger partial charge on any atom is 0.230 e. The van der Waals surface area contributed by atoms with E-state index in [0.29, 0.717) is 6.54 Å². The molecule has 0 aliphatic rings. The summed E-state index contributed by atoms with van der Waals surface area (Å²) in [5.74, 6) is 0.749. The van der Waals surface area contributed by atoms with Crippen LogP contribution in [0.5, 0.6) is 0 Å². The Labute approximate surface area is 120 Å². The standard InChI is InChI=1S/C16H22N4/c1-3-4-10-20(15-8-6-5-7-9-15)16-18-12-14(11-17)13(2)19-16/h5-9,12H,3-4,10-11,17H2,1-2H3. The quantitative estimate of drug-likeness (QED) is 0.876. The van der Waals surface area contributed by atoms with Crippen molar-refractivity contribution in [3.05, 3.63) is 47.8 Å². The number of anilines is 2. The molecule has 0 radical (unpaired) electrons. The minimum Gasteiger partial charge on any atom is -0.326 e. The van der Waals surface area contributed by atoms with Gasteiger partial charge < -0.3 is 10.6 Å². The van der Waals surface area contributed by atoms with Gasteiger partial charge in [-0.25, -0.2) is 9.97 Å². The molecule has 4 nitrogen and oxygen atoms in total. The third-order valence-electron chi connectivity index (χ3n) is 3.33. The van der Waals surface area contributed by atoms with Crippen molar-refractivity contribution in [2.24, 2.45) is 5.73 Å². The molecule has 20 heavy (non-hydrogen) atoms. The molecule has 1 aromatic heterocycles. The number of aromatic nitrogens is 2. The Kier molecular flexibility index (Phi) is 5.07. The molecule has 2 aromatic rings. The van der Waals surface area contributed by atoms with Gasteiger partial charge >= 0.3 is 0 Å². The highest BCUT2D eigenvalue weighted by Gasteiger charge is 2.12. The number of nitrogens with zero attached hydrogens (tertiary/aromatic N) is 3. The summed E-state index contributed by atoms with van der Waals surface area (Å²) in [6, 6.07) is 10.3. The van der Waals surface area contributed by atoms with Crippen molar-refractivity contribution in [2.45, 2.75) is 33.2 Å². The maximum atomic E-state index is 5.67. The first-order valence-corrected chi connectivity index (χ1v) is 7.11. The third-order valence-corrected chi connectivity index (χ3v) is 3.33. The zero-order valence-corrected chi connectivity index (χ0v) is 12.2. The zero-order valence-electron chi connectivity index (χ0n) is 12.2. The number of hydrogen-bond acceptors (Lipinski definition) is 4. The van der Waals surface area contributed by atoms with Crippen LogP contribution in [0.2, 0.25) is 0 Å². The van der Waals surface area contributed by atoms with E-state index in [2.05, 4.69) is 33.9 Å². The average Bonchev–Trinajstić information content (AvgIpc) is 2.49. The van der Waals surface area contributed by atoms with Crippen molar-refractivity contribution in [1.82, 2.24) is 9.97 Å². The second kappa shape index (κ2) is 7.01. The average molecular weight is 270 g/mol. The van der Waals surface area contributed by atoms with E-state index < -0.39 is 0 Å². The van der Waals surface area contributed by atoms with Crippen LogP contribution in [0.4, 0.5) is 11.6 Å². The Balaban J connectivity index is 2.33. The molecule has 0 spiro atoms. The molecular weight excluding hydrogens is 248 g/mol.